The first-order valence-electron chi connectivity index (χ1n) is 9.95. The van der Waals surface area contributed by atoms with Crippen LogP contribution in [-0.4, -0.2) is 38.7 Å². The molecule has 0 radical (unpaired) electrons. The molecule has 1 amide bonds. The van der Waals surface area contributed by atoms with Crippen LogP contribution in [0.5, 0.6) is 5.75 Å². The number of ether oxygens (including phenoxy) is 1. The molecule has 31 heavy (non-hydrogen) atoms. The molecule has 4 aromatic rings. The van der Waals surface area contributed by atoms with Gasteiger partial charge >= 0.3 is 5.69 Å². The fraction of sp³-hybridized carbons (Fsp3) is 0.217. The number of likely N-dealkylation sites (N-methyl/N-ethyl adjacent to an activating group) is 1. The molecule has 0 aliphatic rings. The van der Waals surface area contributed by atoms with E-state index in [1.165, 1.54) is 9.13 Å². The number of carbonyl (C=O) groups excluding carboxylic acids is 1. The van der Waals surface area contributed by atoms with E-state index in [2.05, 4.69) is 9.97 Å². The Kier molecular flexibility index (Phi) is 5.53. The molecule has 0 aliphatic heterocycles. The second kappa shape index (κ2) is 8.43. The SMILES string of the molecule is CCN(C(=O)Cn1c(=O)n(C)c2nc(-c3ccccc3)ncc21)c1ccc(OC)cc1. The summed E-state index contributed by atoms with van der Waals surface area (Å²) in [5.41, 5.74) is 2.29. The van der Waals surface area contributed by atoms with E-state index >= 15 is 0 Å². The average molecular weight is 417 g/mol. The molecule has 0 bridgehead atoms. The summed E-state index contributed by atoms with van der Waals surface area (Å²) in [7, 11) is 3.24. The molecule has 8 nitrogen and oxygen atoms in total. The van der Waals surface area contributed by atoms with Gasteiger partial charge in [-0.1, -0.05) is 30.3 Å². The average Bonchev–Trinajstić information content (AvgIpc) is 3.05. The molecule has 8 heteroatoms. The zero-order chi connectivity index (χ0) is 22.0. The third-order valence-electron chi connectivity index (χ3n) is 5.20. The van der Waals surface area contributed by atoms with Crippen molar-refractivity contribution in [1.82, 2.24) is 19.1 Å². The van der Waals surface area contributed by atoms with E-state index in [1.807, 2.05) is 49.4 Å². The molecule has 0 unspecified atom stereocenters. The summed E-state index contributed by atoms with van der Waals surface area (Å²) in [4.78, 5) is 36.6. The van der Waals surface area contributed by atoms with Crippen molar-refractivity contribution in [2.45, 2.75) is 13.5 Å². The van der Waals surface area contributed by atoms with Gasteiger partial charge in [-0.3, -0.25) is 13.9 Å². The minimum absolute atomic E-state index is 0.107. The number of benzene rings is 2. The van der Waals surface area contributed by atoms with Crippen molar-refractivity contribution >= 4 is 22.8 Å². The Morgan fingerprint density at radius 1 is 1.10 bits per heavy atom. The highest BCUT2D eigenvalue weighted by molar-refractivity contribution is 5.94. The fourth-order valence-electron chi connectivity index (χ4n) is 3.54. The highest BCUT2D eigenvalue weighted by Crippen LogP contribution is 2.21. The lowest BCUT2D eigenvalue weighted by atomic mass is 10.2. The predicted octanol–water partition coefficient (Wildman–Crippen LogP) is 2.86. The maximum absolute atomic E-state index is 13.1. The zero-order valence-corrected chi connectivity index (χ0v) is 17.6. The van der Waals surface area contributed by atoms with Crippen LogP contribution in [0.2, 0.25) is 0 Å². The van der Waals surface area contributed by atoms with Gasteiger partial charge in [-0.2, -0.15) is 0 Å². The van der Waals surface area contributed by atoms with E-state index < -0.39 is 0 Å². The first-order valence-corrected chi connectivity index (χ1v) is 9.95. The fourth-order valence-corrected chi connectivity index (χ4v) is 3.54. The van der Waals surface area contributed by atoms with Gasteiger partial charge in [-0.25, -0.2) is 14.8 Å². The number of amides is 1. The smallest absolute Gasteiger partial charge is 0.330 e. The van der Waals surface area contributed by atoms with Crippen LogP contribution in [0, 0.1) is 0 Å². The van der Waals surface area contributed by atoms with Crippen molar-refractivity contribution in [3.63, 3.8) is 0 Å². The summed E-state index contributed by atoms with van der Waals surface area (Å²) < 4.78 is 8.04. The lowest BCUT2D eigenvalue weighted by Crippen LogP contribution is -2.36. The van der Waals surface area contributed by atoms with Gasteiger partial charge in [0.1, 0.15) is 17.8 Å². The van der Waals surface area contributed by atoms with Gasteiger partial charge in [-0.05, 0) is 31.2 Å². The Morgan fingerprint density at radius 3 is 2.45 bits per heavy atom. The van der Waals surface area contributed by atoms with E-state index in [1.54, 1.807) is 37.4 Å². The van der Waals surface area contributed by atoms with Crippen LogP contribution in [0.1, 0.15) is 6.92 Å². The minimum atomic E-state index is -0.311. The number of aryl methyl sites for hydroxylation is 1. The number of aromatic nitrogens is 4. The van der Waals surface area contributed by atoms with Gasteiger partial charge in [-0.15, -0.1) is 0 Å². The molecule has 2 aromatic heterocycles. The monoisotopic (exact) mass is 417 g/mol. The summed E-state index contributed by atoms with van der Waals surface area (Å²) >= 11 is 0. The molecule has 4 rings (SSSR count). The van der Waals surface area contributed by atoms with Crippen molar-refractivity contribution in [3.05, 3.63) is 71.3 Å². The Bertz CT molecular complexity index is 1280. The third kappa shape index (κ3) is 3.79. The highest BCUT2D eigenvalue weighted by atomic mass is 16.5. The molecule has 0 saturated heterocycles. The van der Waals surface area contributed by atoms with Crippen molar-refractivity contribution in [1.29, 1.82) is 0 Å². The summed E-state index contributed by atoms with van der Waals surface area (Å²) in [5, 5.41) is 0. The zero-order valence-electron chi connectivity index (χ0n) is 17.6. The molecule has 2 heterocycles. The van der Waals surface area contributed by atoms with Gasteiger partial charge in [0.2, 0.25) is 5.91 Å². The molecule has 158 valence electrons. The number of hydrogen-bond donors (Lipinski definition) is 0. The van der Waals surface area contributed by atoms with Gasteiger partial charge in [0.05, 0.1) is 13.3 Å². The minimum Gasteiger partial charge on any atom is -0.497 e. The summed E-state index contributed by atoms with van der Waals surface area (Å²) in [6, 6.07) is 16.8. The third-order valence-corrected chi connectivity index (χ3v) is 5.20. The van der Waals surface area contributed by atoms with Gasteiger partial charge in [0.25, 0.3) is 0 Å². The van der Waals surface area contributed by atoms with Crippen LogP contribution < -0.4 is 15.3 Å². The van der Waals surface area contributed by atoms with E-state index in [0.717, 1.165) is 11.3 Å². The highest BCUT2D eigenvalue weighted by Gasteiger charge is 2.20. The number of imidazole rings is 1. The van der Waals surface area contributed by atoms with Crippen LogP contribution in [0.15, 0.2) is 65.6 Å². The number of anilines is 1. The normalized spacial score (nSPS) is 10.9. The molecule has 0 fully saturated rings. The van der Waals surface area contributed by atoms with Crippen molar-refractivity contribution in [2.75, 3.05) is 18.6 Å². The number of nitrogens with zero attached hydrogens (tertiary/aromatic N) is 5. The van der Waals surface area contributed by atoms with Gasteiger partial charge in [0, 0.05) is 24.8 Å². The molecular formula is C23H23N5O3. The Labute approximate surface area is 179 Å². The maximum atomic E-state index is 13.1. The molecule has 0 N–H and O–H groups in total. The van der Waals surface area contributed by atoms with Crippen LogP contribution in [-0.2, 0) is 18.4 Å². The topological polar surface area (TPSA) is 82.3 Å². The quantitative estimate of drug-likeness (QED) is 0.482. The van der Waals surface area contributed by atoms with Crippen molar-refractivity contribution in [2.24, 2.45) is 7.05 Å². The van der Waals surface area contributed by atoms with Crippen LogP contribution in [0.25, 0.3) is 22.6 Å². The maximum Gasteiger partial charge on any atom is 0.330 e. The molecular weight excluding hydrogens is 394 g/mol. The van der Waals surface area contributed by atoms with Crippen LogP contribution >= 0.6 is 0 Å². The Hall–Kier alpha value is -3.94. The van der Waals surface area contributed by atoms with E-state index in [0.29, 0.717) is 29.3 Å². The molecule has 0 aliphatic carbocycles. The number of rotatable bonds is 6. The summed E-state index contributed by atoms with van der Waals surface area (Å²) in [6.45, 7) is 2.26. The lowest BCUT2D eigenvalue weighted by Gasteiger charge is -2.21. The van der Waals surface area contributed by atoms with Crippen LogP contribution in [0.4, 0.5) is 5.69 Å². The number of methoxy groups -OCH3 is 1. The first kappa shape index (κ1) is 20.3. The van der Waals surface area contributed by atoms with Crippen molar-refractivity contribution in [3.8, 4) is 17.1 Å². The Morgan fingerprint density at radius 2 is 1.81 bits per heavy atom. The van der Waals surface area contributed by atoms with E-state index in [9.17, 15) is 9.59 Å². The molecule has 2 aromatic carbocycles. The predicted molar refractivity (Wildman–Crippen MR) is 119 cm³/mol. The van der Waals surface area contributed by atoms with Gasteiger partial charge in [0.15, 0.2) is 11.5 Å². The second-order valence-corrected chi connectivity index (χ2v) is 7.03. The van der Waals surface area contributed by atoms with E-state index in [4.69, 9.17) is 4.74 Å². The standard InChI is InChI=1S/C23H23N5O3/c1-4-27(17-10-12-18(31-3)13-11-17)20(29)15-28-19-14-24-21(16-8-6-5-7-9-16)25-22(19)26(2)23(28)30/h5-14H,4,15H2,1-3H3. The number of carbonyl (C=O) groups is 1. The Balaban J connectivity index is 1.68. The summed E-state index contributed by atoms with van der Waals surface area (Å²) in [5.74, 6) is 1.04. The molecule has 0 spiro atoms. The number of hydrogen-bond acceptors (Lipinski definition) is 5. The first-order chi connectivity index (χ1) is 15.0. The lowest BCUT2D eigenvalue weighted by molar-refractivity contribution is -0.119. The van der Waals surface area contributed by atoms with Crippen LogP contribution in [0.3, 0.4) is 0 Å². The van der Waals surface area contributed by atoms with Gasteiger partial charge < -0.3 is 9.64 Å². The van der Waals surface area contributed by atoms with Crippen molar-refractivity contribution < 1.29 is 9.53 Å². The molecule has 0 saturated carbocycles. The second-order valence-electron chi connectivity index (χ2n) is 7.03. The molecule has 0 atom stereocenters. The summed E-state index contributed by atoms with van der Waals surface area (Å²) in [6.07, 6.45) is 1.60. The number of fused-ring (bicyclic) bond motifs is 1. The largest absolute Gasteiger partial charge is 0.497 e. The van der Waals surface area contributed by atoms with E-state index in [-0.39, 0.29) is 18.1 Å².